The first-order chi connectivity index (χ1) is 11.3. The van der Waals surface area contributed by atoms with Gasteiger partial charge in [-0.3, -0.25) is 9.36 Å². The van der Waals surface area contributed by atoms with Gasteiger partial charge in [-0.15, -0.1) is 0 Å². The quantitative estimate of drug-likeness (QED) is 0.477. The van der Waals surface area contributed by atoms with Gasteiger partial charge in [0.2, 0.25) is 0 Å². The Balaban J connectivity index is 2.77. The first-order valence-corrected chi connectivity index (χ1v) is 8.03. The molecule has 1 aromatic carbocycles. The smallest absolute Gasteiger partial charge is 0.418 e. The van der Waals surface area contributed by atoms with Crippen LogP contribution in [0.3, 0.4) is 0 Å². The number of hydrogen-bond donors (Lipinski definition) is 0. The fourth-order valence-electron chi connectivity index (χ4n) is 2.05. The molecule has 0 spiro atoms. The van der Waals surface area contributed by atoms with Gasteiger partial charge < -0.3 is 4.74 Å². The minimum absolute atomic E-state index is 0.0295. The maximum Gasteiger partial charge on any atom is 0.418 e. The zero-order chi connectivity index (χ0) is 17.9. The predicted octanol–water partition coefficient (Wildman–Crippen LogP) is 3.15. The van der Waals surface area contributed by atoms with E-state index in [0.717, 1.165) is 34.7 Å². The highest BCUT2D eigenvalue weighted by Gasteiger charge is 2.34. The van der Waals surface area contributed by atoms with Crippen molar-refractivity contribution < 1.29 is 22.7 Å². The first-order valence-electron chi connectivity index (χ1n) is 6.81. The molecule has 0 aliphatic heterocycles. The predicted molar refractivity (Wildman–Crippen MR) is 82.6 cm³/mol. The van der Waals surface area contributed by atoms with Crippen molar-refractivity contribution >= 4 is 17.7 Å². The topological polar surface area (TPSA) is 61.2 Å². The highest BCUT2D eigenvalue weighted by molar-refractivity contribution is 7.98. The van der Waals surface area contributed by atoms with E-state index in [0.29, 0.717) is 0 Å². The van der Waals surface area contributed by atoms with Gasteiger partial charge in [-0.25, -0.2) is 9.78 Å². The van der Waals surface area contributed by atoms with Gasteiger partial charge in [0.15, 0.2) is 5.16 Å². The molecule has 1 heterocycles. The Hall–Kier alpha value is -2.29. The molecule has 0 bridgehead atoms. The Labute approximate surface area is 139 Å². The second kappa shape index (κ2) is 7.08. The van der Waals surface area contributed by atoms with Crippen molar-refractivity contribution in [3.8, 4) is 5.69 Å². The number of carbonyl (C=O) groups excluding carboxylic acids is 1. The van der Waals surface area contributed by atoms with Crippen LogP contribution in [0.25, 0.3) is 5.69 Å². The lowest BCUT2D eigenvalue weighted by molar-refractivity contribution is -0.137. The number of hydrogen-bond acceptors (Lipinski definition) is 5. The number of esters is 1. The van der Waals surface area contributed by atoms with E-state index in [4.69, 9.17) is 4.74 Å². The molecule has 128 valence electrons. The molecule has 9 heteroatoms. The molecule has 0 amide bonds. The van der Waals surface area contributed by atoms with Crippen molar-refractivity contribution in [2.45, 2.75) is 18.3 Å². The van der Waals surface area contributed by atoms with Crippen molar-refractivity contribution in [3.63, 3.8) is 0 Å². The lowest BCUT2D eigenvalue weighted by atomic mass is 10.1. The Morgan fingerprint density at radius 1 is 1.33 bits per heavy atom. The maximum atomic E-state index is 13.2. The summed E-state index contributed by atoms with van der Waals surface area (Å²) in [6, 6.07) is 4.61. The third kappa shape index (κ3) is 3.45. The molecule has 0 unspecified atom stereocenters. The highest BCUT2D eigenvalue weighted by atomic mass is 32.2. The largest absolute Gasteiger partial charge is 0.462 e. The average molecular weight is 358 g/mol. The van der Waals surface area contributed by atoms with Crippen molar-refractivity contribution in [1.82, 2.24) is 9.55 Å². The van der Waals surface area contributed by atoms with E-state index in [1.54, 1.807) is 13.2 Å². The van der Waals surface area contributed by atoms with Crippen LogP contribution in [0.1, 0.15) is 22.8 Å². The monoisotopic (exact) mass is 358 g/mol. The zero-order valence-corrected chi connectivity index (χ0v) is 13.6. The van der Waals surface area contributed by atoms with Crippen LogP contribution in [0.4, 0.5) is 13.2 Å². The van der Waals surface area contributed by atoms with Gasteiger partial charge >= 0.3 is 12.1 Å². The number of thioether (sulfide) groups is 1. The van der Waals surface area contributed by atoms with Crippen LogP contribution in [0.2, 0.25) is 0 Å². The van der Waals surface area contributed by atoms with Crippen LogP contribution < -0.4 is 5.56 Å². The second-order valence-electron chi connectivity index (χ2n) is 4.53. The Kier molecular flexibility index (Phi) is 5.33. The van der Waals surface area contributed by atoms with Crippen molar-refractivity contribution in [1.29, 1.82) is 0 Å². The van der Waals surface area contributed by atoms with Crippen LogP contribution in [0, 0.1) is 0 Å². The Bertz CT molecular complexity index is 818. The number of nitrogens with zero attached hydrogens (tertiary/aromatic N) is 2. The number of alkyl halides is 3. The Morgan fingerprint density at radius 2 is 2.00 bits per heavy atom. The fraction of sp³-hybridized carbons (Fsp3) is 0.267. The highest BCUT2D eigenvalue weighted by Crippen LogP contribution is 2.34. The lowest BCUT2D eigenvalue weighted by Gasteiger charge is -2.17. The van der Waals surface area contributed by atoms with Gasteiger partial charge in [-0.05, 0) is 25.3 Å². The van der Waals surface area contributed by atoms with Crippen molar-refractivity contribution in [2.75, 3.05) is 12.9 Å². The summed E-state index contributed by atoms with van der Waals surface area (Å²) in [5.41, 5.74) is -2.72. The van der Waals surface area contributed by atoms with E-state index in [1.807, 2.05) is 0 Å². The number of benzene rings is 1. The molecule has 24 heavy (non-hydrogen) atoms. The minimum atomic E-state index is -4.66. The normalized spacial score (nSPS) is 11.4. The lowest BCUT2D eigenvalue weighted by Crippen LogP contribution is -2.29. The number of rotatable bonds is 4. The second-order valence-corrected chi connectivity index (χ2v) is 5.31. The summed E-state index contributed by atoms with van der Waals surface area (Å²) in [6.45, 7) is 1.58. The van der Waals surface area contributed by atoms with E-state index in [2.05, 4.69) is 4.98 Å². The molecule has 0 atom stereocenters. The average Bonchev–Trinajstić information content (AvgIpc) is 2.53. The SMILES string of the molecule is CCOC(=O)c1cnc(SC)n(-c2ccccc2C(F)(F)F)c1=O. The van der Waals surface area contributed by atoms with E-state index < -0.39 is 34.5 Å². The molecule has 2 aromatic rings. The van der Waals surface area contributed by atoms with Crippen LogP contribution >= 0.6 is 11.8 Å². The number of aromatic nitrogens is 2. The summed E-state index contributed by atoms with van der Waals surface area (Å²) < 4.78 is 45.3. The summed E-state index contributed by atoms with van der Waals surface area (Å²) in [4.78, 5) is 28.3. The number of para-hydroxylation sites is 1. The summed E-state index contributed by atoms with van der Waals surface area (Å²) in [6.07, 6.45) is -2.08. The number of halogens is 3. The summed E-state index contributed by atoms with van der Waals surface area (Å²) in [5, 5.41) is 0.0322. The molecule has 0 aliphatic carbocycles. The molecule has 5 nitrogen and oxygen atoms in total. The molecule has 0 saturated heterocycles. The zero-order valence-electron chi connectivity index (χ0n) is 12.8. The van der Waals surface area contributed by atoms with Crippen molar-refractivity contribution in [2.24, 2.45) is 0 Å². The van der Waals surface area contributed by atoms with Crippen LogP contribution in [-0.2, 0) is 10.9 Å². The summed E-state index contributed by atoms with van der Waals surface area (Å²) in [7, 11) is 0. The van der Waals surface area contributed by atoms with Crippen LogP contribution in [0.5, 0.6) is 0 Å². The standard InChI is InChI=1S/C15H13F3N2O3S/c1-3-23-13(22)9-8-19-14(24-2)20(12(9)21)11-7-5-4-6-10(11)15(16,17)18/h4-8H,3H2,1-2H3. The van der Waals surface area contributed by atoms with Gasteiger partial charge in [0.25, 0.3) is 5.56 Å². The van der Waals surface area contributed by atoms with E-state index in [1.165, 1.54) is 12.1 Å². The van der Waals surface area contributed by atoms with E-state index >= 15 is 0 Å². The third-order valence-electron chi connectivity index (χ3n) is 3.06. The minimum Gasteiger partial charge on any atom is -0.462 e. The van der Waals surface area contributed by atoms with E-state index in [-0.39, 0.29) is 11.8 Å². The molecule has 1 aromatic heterocycles. The first kappa shape index (κ1) is 18.1. The summed E-state index contributed by atoms with van der Waals surface area (Å²) in [5.74, 6) is -0.930. The summed E-state index contributed by atoms with van der Waals surface area (Å²) >= 11 is 0.990. The van der Waals surface area contributed by atoms with Crippen LogP contribution in [0.15, 0.2) is 40.4 Å². The number of carbonyl (C=O) groups is 1. The van der Waals surface area contributed by atoms with Gasteiger partial charge in [0.05, 0.1) is 24.1 Å². The molecule has 0 fully saturated rings. The fourth-order valence-corrected chi connectivity index (χ4v) is 2.58. The van der Waals surface area contributed by atoms with Gasteiger partial charge in [-0.2, -0.15) is 13.2 Å². The van der Waals surface area contributed by atoms with Gasteiger partial charge in [0.1, 0.15) is 5.56 Å². The Morgan fingerprint density at radius 3 is 2.58 bits per heavy atom. The van der Waals surface area contributed by atoms with Crippen LogP contribution in [-0.4, -0.2) is 28.4 Å². The molecular weight excluding hydrogens is 345 g/mol. The molecule has 0 N–H and O–H groups in total. The molecule has 0 radical (unpaired) electrons. The van der Waals surface area contributed by atoms with E-state index in [9.17, 15) is 22.8 Å². The third-order valence-corrected chi connectivity index (χ3v) is 3.71. The maximum absolute atomic E-state index is 13.2. The molecule has 0 aliphatic rings. The van der Waals surface area contributed by atoms with Gasteiger partial charge in [0, 0.05) is 0 Å². The van der Waals surface area contributed by atoms with Gasteiger partial charge in [-0.1, -0.05) is 23.9 Å². The molecular formula is C15H13F3N2O3S. The molecule has 0 saturated carbocycles. The van der Waals surface area contributed by atoms with Crippen molar-refractivity contribution in [3.05, 3.63) is 51.9 Å². The molecule has 2 rings (SSSR count). The number of ether oxygens (including phenoxy) is 1.